The quantitative estimate of drug-likeness (QED) is 0.332. The fourth-order valence-corrected chi connectivity index (χ4v) is 4.02. The summed E-state index contributed by atoms with van der Waals surface area (Å²) in [6.45, 7) is 4.12. The van der Waals surface area contributed by atoms with Crippen molar-refractivity contribution in [3.63, 3.8) is 0 Å². The van der Waals surface area contributed by atoms with Gasteiger partial charge in [-0.3, -0.25) is 0 Å². The van der Waals surface area contributed by atoms with Crippen molar-refractivity contribution in [2.24, 2.45) is 0 Å². The summed E-state index contributed by atoms with van der Waals surface area (Å²) in [4.78, 5) is 8.99. The molecule has 1 atom stereocenters. The maximum absolute atomic E-state index is 13.3. The van der Waals surface area contributed by atoms with Gasteiger partial charge in [0.15, 0.2) is 0 Å². The van der Waals surface area contributed by atoms with Crippen molar-refractivity contribution in [2.45, 2.75) is 26.2 Å². The Bertz CT molecular complexity index is 1220. The molecule has 0 aliphatic carbocycles. The van der Waals surface area contributed by atoms with Gasteiger partial charge >= 0.3 is 0 Å². The van der Waals surface area contributed by atoms with Crippen molar-refractivity contribution >= 4 is 34.8 Å². The molecule has 0 amide bonds. The minimum absolute atomic E-state index is 0.234. The molecule has 4 rings (SSSR count). The average molecular weight is 455 g/mol. The molecule has 158 valence electrons. The van der Waals surface area contributed by atoms with Crippen LogP contribution >= 0.6 is 23.2 Å². The Morgan fingerprint density at radius 1 is 1.10 bits per heavy atom. The predicted molar refractivity (Wildman–Crippen MR) is 124 cm³/mol. The number of anilines is 2. The highest BCUT2D eigenvalue weighted by Gasteiger charge is 2.16. The summed E-state index contributed by atoms with van der Waals surface area (Å²) in [7, 11) is 0. The molecule has 4 aromatic rings. The molecule has 2 aromatic heterocycles. The molecule has 0 radical (unpaired) electrons. The lowest BCUT2D eigenvalue weighted by Gasteiger charge is -2.15. The van der Waals surface area contributed by atoms with Crippen LogP contribution in [0, 0.1) is 12.7 Å². The van der Waals surface area contributed by atoms with Gasteiger partial charge in [-0.1, -0.05) is 42.3 Å². The maximum Gasteiger partial charge on any atom is 0.229 e. The first-order chi connectivity index (χ1) is 14.9. The lowest BCUT2D eigenvalue weighted by atomic mass is 9.91. The number of aryl methyl sites for hydroxylation is 1. The van der Waals surface area contributed by atoms with Crippen molar-refractivity contribution in [2.75, 3.05) is 5.32 Å². The third-order valence-corrected chi connectivity index (χ3v) is 5.69. The van der Waals surface area contributed by atoms with E-state index in [0.29, 0.717) is 11.6 Å². The molecule has 4 nitrogen and oxygen atoms in total. The fourth-order valence-electron chi connectivity index (χ4n) is 3.60. The zero-order valence-corrected chi connectivity index (χ0v) is 18.6. The van der Waals surface area contributed by atoms with E-state index in [2.05, 4.69) is 40.5 Å². The first-order valence-corrected chi connectivity index (χ1v) is 10.7. The summed E-state index contributed by atoms with van der Waals surface area (Å²) in [5.74, 6) is 0.970. The molecule has 0 spiro atoms. The molecule has 2 heterocycles. The van der Waals surface area contributed by atoms with Crippen molar-refractivity contribution in [1.82, 2.24) is 14.5 Å². The van der Waals surface area contributed by atoms with Gasteiger partial charge in [-0.2, -0.15) is 4.98 Å². The molecular formula is C24H21Cl2FN4. The van der Waals surface area contributed by atoms with Crippen LogP contribution < -0.4 is 5.32 Å². The second-order valence-electron chi connectivity index (χ2n) is 7.32. The monoisotopic (exact) mass is 454 g/mol. The summed E-state index contributed by atoms with van der Waals surface area (Å²) in [5, 5.41) is 4.06. The van der Waals surface area contributed by atoms with Gasteiger partial charge in [0.1, 0.15) is 11.6 Å². The Kier molecular flexibility index (Phi) is 6.25. The maximum atomic E-state index is 13.3. The molecule has 0 aliphatic rings. The summed E-state index contributed by atoms with van der Waals surface area (Å²) in [5.41, 5.74) is 3.83. The fraction of sp³-hybridized carbons (Fsp3) is 0.167. The normalized spacial score (nSPS) is 12.0. The van der Waals surface area contributed by atoms with Crippen LogP contribution in [0.2, 0.25) is 10.0 Å². The van der Waals surface area contributed by atoms with E-state index in [1.54, 1.807) is 12.3 Å². The molecule has 0 aliphatic heterocycles. The minimum Gasteiger partial charge on any atom is -0.323 e. The van der Waals surface area contributed by atoms with Crippen LogP contribution in [0.5, 0.6) is 0 Å². The van der Waals surface area contributed by atoms with E-state index >= 15 is 0 Å². The summed E-state index contributed by atoms with van der Waals surface area (Å²) in [6.07, 6.45) is 6.77. The summed E-state index contributed by atoms with van der Waals surface area (Å²) >= 11 is 12.3. The van der Waals surface area contributed by atoms with Crippen molar-refractivity contribution in [3.05, 3.63) is 99.7 Å². The molecule has 0 saturated heterocycles. The molecular weight excluding hydrogens is 434 g/mol. The predicted octanol–water partition coefficient (Wildman–Crippen LogP) is 7.31. The topological polar surface area (TPSA) is 42.7 Å². The molecule has 0 fully saturated rings. The number of aromatic nitrogens is 3. The first kappa shape index (κ1) is 21.3. The third-order valence-electron chi connectivity index (χ3n) is 5.14. The van der Waals surface area contributed by atoms with Gasteiger partial charge in [0.05, 0.1) is 10.7 Å². The van der Waals surface area contributed by atoms with Gasteiger partial charge in [-0.05, 0) is 60.9 Å². The highest BCUT2D eigenvalue weighted by Crippen LogP contribution is 2.31. The molecule has 0 bridgehead atoms. The second-order valence-corrected chi connectivity index (χ2v) is 8.16. The largest absolute Gasteiger partial charge is 0.323 e. The van der Waals surface area contributed by atoms with Gasteiger partial charge in [-0.25, -0.2) is 9.37 Å². The zero-order valence-electron chi connectivity index (χ0n) is 17.1. The van der Waals surface area contributed by atoms with Crippen LogP contribution in [0.3, 0.4) is 0 Å². The lowest BCUT2D eigenvalue weighted by Crippen LogP contribution is -2.05. The van der Waals surface area contributed by atoms with Crippen LogP contribution in [0.1, 0.15) is 36.0 Å². The Hall–Kier alpha value is -2.89. The van der Waals surface area contributed by atoms with E-state index in [0.717, 1.165) is 22.8 Å². The summed E-state index contributed by atoms with van der Waals surface area (Å²) in [6, 6.07) is 14.2. The van der Waals surface area contributed by atoms with Gasteiger partial charge < -0.3 is 9.88 Å². The molecule has 31 heavy (non-hydrogen) atoms. The van der Waals surface area contributed by atoms with E-state index in [-0.39, 0.29) is 10.9 Å². The van der Waals surface area contributed by atoms with Crippen LogP contribution in [0.4, 0.5) is 16.0 Å². The van der Waals surface area contributed by atoms with E-state index in [9.17, 15) is 4.39 Å². The highest BCUT2D eigenvalue weighted by atomic mass is 35.5. The van der Waals surface area contributed by atoms with E-state index in [1.165, 1.54) is 23.3 Å². The standard InChI is InChI=1S/C24H21Cl2FN4/c1-3-20(16-5-4-6-18(25)11-16)17-9-10-31(14-17)23-15(2)13-28-24(30-23)29-22-8-7-19(27)12-21(22)26/h4-14,20H,3H2,1-2H3,(H,28,29,30). The van der Waals surface area contributed by atoms with Gasteiger partial charge in [0.2, 0.25) is 5.95 Å². The summed E-state index contributed by atoms with van der Waals surface area (Å²) < 4.78 is 15.3. The molecule has 1 N–H and O–H groups in total. The Morgan fingerprint density at radius 3 is 2.68 bits per heavy atom. The first-order valence-electron chi connectivity index (χ1n) is 9.94. The Labute approximate surface area is 190 Å². The number of hydrogen-bond donors (Lipinski definition) is 1. The SMILES string of the molecule is CCC(c1cccc(Cl)c1)c1ccn(-c2nc(Nc3ccc(F)cc3Cl)ncc2C)c1. The van der Waals surface area contributed by atoms with Crippen LogP contribution in [0.15, 0.2) is 67.1 Å². The number of nitrogens with zero attached hydrogens (tertiary/aromatic N) is 3. The van der Waals surface area contributed by atoms with Crippen molar-refractivity contribution in [1.29, 1.82) is 0 Å². The average Bonchev–Trinajstić information content (AvgIpc) is 3.21. The minimum atomic E-state index is -0.397. The second kappa shape index (κ2) is 9.08. The molecule has 7 heteroatoms. The van der Waals surface area contributed by atoms with Gasteiger partial charge in [0, 0.05) is 35.1 Å². The van der Waals surface area contributed by atoms with Crippen molar-refractivity contribution < 1.29 is 4.39 Å². The number of nitrogens with one attached hydrogen (secondary N) is 1. The Balaban J connectivity index is 1.64. The van der Waals surface area contributed by atoms with E-state index in [1.807, 2.05) is 35.9 Å². The lowest BCUT2D eigenvalue weighted by molar-refractivity contribution is 0.628. The van der Waals surface area contributed by atoms with Crippen molar-refractivity contribution in [3.8, 4) is 5.82 Å². The molecule has 2 aromatic carbocycles. The number of hydrogen-bond acceptors (Lipinski definition) is 3. The molecule has 0 saturated carbocycles. The van der Waals surface area contributed by atoms with Gasteiger partial charge in [0.25, 0.3) is 0 Å². The highest BCUT2D eigenvalue weighted by molar-refractivity contribution is 6.33. The zero-order chi connectivity index (χ0) is 22.0. The van der Waals surface area contributed by atoms with Crippen LogP contribution in [-0.2, 0) is 0 Å². The third kappa shape index (κ3) is 4.73. The number of rotatable bonds is 6. The van der Waals surface area contributed by atoms with E-state index in [4.69, 9.17) is 23.2 Å². The van der Waals surface area contributed by atoms with E-state index < -0.39 is 5.82 Å². The van der Waals surface area contributed by atoms with Gasteiger partial charge in [-0.15, -0.1) is 0 Å². The van der Waals surface area contributed by atoms with Crippen LogP contribution in [0.25, 0.3) is 5.82 Å². The number of halogens is 3. The number of benzene rings is 2. The molecule has 1 unspecified atom stereocenters. The Morgan fingerprint density at radius 2 is 1.94 bits per heavy atom. The van der Waals surface area contributed by atoms with Crippen LogP contribution in [-0.4, -0.2) is 14.5 Å². The smallest absolute Gasteiger partial charge is 0.229 e.